The Kier molecular flexibility index (Phi) is 10.6. The molecule has 12 heteroatoms. The number of nitrogens with zero attached hydrogens (tertiary/aromatic N) is 3. The first-order valence-corrected chi connectivity index (χ1v) is 16.8. The minimum absolute atomic E-state index is 0.0658. The van der Waals surface area contributed by atoms with E-state index in [2.05, 4.69) is 0 Å². The molecule has 264 valence electrons. The topological polar surface area (TPSA) is 93.6 Å². The van der Waals surface area contributed by atoms with Gasteiger partial charge in [-0.1, -0.05) is 18.2 Å². The molecule has 0 aromatic heterocycles. The lowest BCUT2D eigenvalue weighted by Gasteiger charge is -2.39. The minimum Gasteiger partial charge on any atom is -0.497 e. The van der Waals surface area contributed by atoms with Gasteiger partial charge >= 0.3 is 12.1 Å². The summed E-state index contributed by atoms with van der Waals surface area (Å²) in [6.45, 7) is 5.51. The van der Waals surface area contributed by atoms with Crippen LogP contribution in [0.1, 0.15) is 80.9 Å². The van der Waals surface area contributed by atoms with E-state index >= 15 is 4.39 Å². The number of carboxylic acid groups (broad SMARTS) is 1. The van der Waals surface area contributed by atoms with Crippen LogP contribution in [0, 0.1) is 5.92 Å². The molecule has 3 saturated heterocycles. The number of anilines is 1. The summed E-state index contributed by atoms with van der Waals surface area (Å²) >= 11 is 0. The first-order valence-electron chi connectivity index (χ1n) is 16.8. The number of aliphatic carboxylic acids is 1. The molecule has 8 nitrogen and oxygen atoms in total. The molecule has 0 aliphatic carbocycles. The Morgan fingerprint density at radius 2 is 1.62 bits per heavy atom. The number of amides is 1. The second-order valence-corrected chi connectivity index (χ2v) is 14.3. The normalized spacial score (nSPS) is 23.5. The van der Waals surface area contributed by atoms with Crippen molar-refractivity contribution in [1.29, 1.82) is 0 Å². The number of benzene rings is 2. The van der Waals surface area contributed by atoms with Gasteiger partial charge in [0.15, 0.2) is 0 Å². The quantitative estimate of drug-likeness (QED) is 0.295. The van der Waals surface area contributed by atoms with E-state index in [-0.39, 0.29) is 25.6 Å². The van der Waals surface area contributed by atoms with Crippen molar-refractivity contribution in [3.8, 4) is 5.75 Å². The minimum atomic E-state index is -4.53. The van der Waals surface area contributed by atoms with Gasteiger partial charge in [-0.15, -0.1) is 0 Å². The number of carbonyl (C=O) groups is 2. The maximum Gasteiger partial charge on any atom is 0.416 e. The van der Waals surface area contributed by atoms with Gasteiger partial charge in [-0.25, -0.2) is 4.39 Å². The molecular weight excluding hydrogens is 630 g/mol. The molecule has 0 unspecified atom stereocenters. The lowest BCUT2D eigenvalue weighted by molar-refractivity contribution is -0.145. The third-order valence-corrected chi connectivity index (χ3v) is 10.3. The second-order valence-electron chi connectivity index (χ2n) is 14.3. The number of hydrogen-bond acceptors (Lipinski definition) is 6. The van der Waals surface area contributed by atoms with Crippen molar-refractivity contribution in [1.82, 2.24) is 9.80 Å². The Balaban J connectivity index is 1.32. The fourth-order valence-corrected chi connectivity index (χ4v) is 7.59. The molecule has 2 aromatic rings. The van der Waals surface area contributed by atoms with Crippen molar-refractivity contribution in [3.05, 3.63) is 59.2 Å². The second kappa shape index (κ2) is 14.2. The van der Waals surface area contributed by atoms with E-state index in [4.69, 9.17) is 4.74 Å². The Labute approximate surface area is 279 Å². The highest BCUT2D eigenvalue weighted by Crippen LogP contribution is 2.44. The largest absolute Gasteiger partial charge is 0.497 e. The number of hydrogen-bond donors (Lipinski definition) is 2. The Morgan fingerprint density at radius 1 is 0.979 bits per heavy atom. The number of rotatable bonds is 10. The zero-order valence-corrected chi connectivity index (χ0v) is 27.9. The molecule has 2 aromatic carbocycles. The monoisotopic (exact) mass is 677 g/mol. The highest BCUT2D eigenvalue weighted by Gasteiger charge is 2.55. The number of ether oxygens (including phenoxy) is 1. The van der Waals surface area contributed by atoms with E-state index in [0.29, 0.717) is 81.7 Å². The Morgan fingerprint density at radius 3 is 2.19 bits per heavy atom. The van der Waals surface area contributed by atoms with Crippen LogP contribution >= 0.6 is 0 Å². The van der Waals surface area contributed by atoms with Crippen LogP contribution in [0.25, 0.3) is 0 Å². The van der Waals surface area contributed by atoms with Crippen LogP contribution in [-0.2, 0) is 15.8 Å². The summed E-state index contributed by atoms with van der Waals surface area (Å²) in [6.07, 6.45) is -1.70. The van der Waals surface area contributed by atoms with Crippen molar-refractivity contribution in [3.63, 3.8) is 0 Å². The number of alkyl halides is 4. The number of likely N-dealkylation sites (tertiary alicyclic amines) is 2. The van der Waals surface area contributed by atoms with Gasteiger partial charge in [0.1, 0.15) is 5.75 Å². The highest BCUT2D eigenvalue weighted by atomic mass is 19.4. The van der Waals surface area contributed by atoms with E-state index in [0.717, 1.165) is 17.7 Å². The van der Waals surface area contributed by atoms with Gasteiger partial charge in [0.05, 0.1) is 24.2 Å². The molecule has 0 spiro atoms. The van der Waals surface area contributed by atoms with Crippen LogP contribution in [0.15, 0.2) is 42.5 Å². The van der Waals surface area contributed by atoms with Crippen LogP contribution < -0.4 is 9.64 Å². The summed E-state index contributed by atoms with van der Waals surface area (Å²) in [5.74, 6) is -2.20. The molecule has 1 amide bonds. The van der Waals surface area contributed by atoms with Gasteiger partial charge in [-0.3, -0.25) is 14.5 Å². The van der Waals surface area contributed by atoms with Crippen LogP contribution in [0.2, 0.25) is 0 Å². The first kappa shape index (κ1) is 35.9. The number of carbonyl (C=O) groups excluding carboxylic acids is 1. The maximum absolute atomic E-state index is 17.2. The molecule has 2 atom stereocenters. The lowest BCUT2D eigenvalue weighted by atomic mass is 9.83. The first-order chi connectivity index (χ1) is 22.6. The molecule has 3 aliphatic heterocycles. The van der Waals surface area contributed by atoms with Crippen molar-refractivity contribution in [2.75, 3.05) is 57.8 Å². The van der Waals surface area contributed by atoms with Gasteiger partial charge in [0.25, 0.3) is 5.91 Å². The van der Waals surface area contributed by atoms with E-state index < -0.39 is 46.7 Å². The van der Waals surface area contributed by atoms with Crippen LogP contribution in [0.4, 0.5) is 23.2 Å². The van der Waals surface area contributed by atoms with Gasteiger partial charge < -0.3 is 24.7 Å². The molecular formula is C36H47F4N3O5. The summed E-state index contributed by atoms with van der Waals surface area (Å²) in [4.78, 5) is 30.9. The number of methoxy groups -OCH3 is 1. The molecule has 48 heavy (non-hydrogen) atoms. The number of carboxylic acids is 1. The summed E-state index contributed by atoms with van der Waals surface area (Å²) in [6, 6.07) is 10.9. The summed E-state index contributed by atoms with van der Waals surface area (Å²) in [7, 11) is 1.55. The fraction of sp³-hybridized carbons (Fsp3) is 0.611. The van der Waals surface area contributed by atoms with Gasteiger partial charge in [-0.2, -0.15) is 13.2 Å². The highest BCUT2D eigenvalue weighted by molar-refractivity contribution is 5.87. The average Bonchev–Trinajstić information content (AvgIpc) is 3.40. The molecule has 2 N–H and O–H groups in total. The fourth-order valence-electron chi connectivity index (χ4n) is 7.59. The molecule has 3 fully saturated rings. The van der Waals surface area contributed by atoms with E-state index in [1.807, 2.05) is 9.80 Å². The lowest BCUT2D eigenvalue weighted by Crippen LogP contribution is -2.52. The van der Waals surface area contributed by atoms with Crippen molar-refractivity contribution in [2.24, 2.45) is 5.92 Å². The SMILES string of the molecule is COc1ccc([C@@H]2CN(CCCC(C)(C)O)C[C@@]2(F)C(=O)N2CCC(c3ccc(C(F)(F)F)cc3N3CCC(C(=O)O)CC3)CC2)cc1. The smallest absolute Gasteiger partial charge is 0.416 e. The van der Waals surface area contributed by atoms with E-state index in [9.17, 15) is 33.0 Å². The predicted octanol–water partition coefficient (Wildman–Crippen LogP) is 6.08. The molecule has 5 rings (SSSR count). The van der Waals surface area contributed by atoms with Crippen LogP contribution in [0.5, 0.6) is 5.75 Å². The predicted molar refractivity (Wildman–Crippen MR) is 174 cm³/mol. The molecule has 3 aliphatic rings. The number of halogens is 4. The third-order valence-electron chi connectivity index (χ3n) is 10.3. The van der Waals surface area contributed by atoms with Crippen LogP contribution in [0.3, 0.4) is 0 Å². The van der Waals surface area contributed by atoms with Gasteiger partial charge in [0, 0.05) is 50.9 Å². The molecule has 0 bridgehead atoms. The van der Waals surface area contributed by atoms with Gasteiger partial charge in [0.2, 0.25) is 5.67 Å². The van der Waals surface area contributed by atoms with Crippen molar-refractivity contribution in [2.45, 2.75) is 81.7 Å². The van der Waals surface area contributed by atoms with Crippen molar-refractivity contribution < 1.29 is 42.1 Å². The zero-order valence-electron chi connectivity index (χ0n) is 27.9. The zero-order chi connectivity index (χ0) is 34.9. The standard InChI is InChI=1S/C36H47F4N3O5/c1-34(2,47)15-4-16-41-22-30(25-5-8-28(48-3)9-6-25)35(37,23-41)33(46)43-19-11-24(12-20-43)29-10-7-27(36(38,39)40)21-31(29)42-17-13-26(14-18-42)32(44)45/h5-10,21,24,26,30,47H,4,11-20,22-23H2,1-3H3,(H,44,45)/t30-,35-/m0/s1. The molecule has 3 heterocycles. The van der Waals surface area contributed by atoms with Crippen LogP contribution in [-0.4, -0.2) is 96.1 Å². The third kappa shape index (κ3) is 8.07. The van der Waals surface area contributed by atoms with E-state index in [1.54, 1.807) is 50.1 Å². The Bertz CT molecular complexity index is 1430. The van der Waals surface area contributed by atoms with Crippen molar-refractivity contribution >= 4 is 17.6 Å². The maximum atomic E-state index is 17.2. The average molecular weight is 678 g/mol. The Hall–Kier alpha value is -3.38. The van der Waals surface area contributed by atoms with E-state index in [1.165, 1.54) is 6.07 Å². The summed E-state index contributed by atoms with van der Waals surface area (Å²) in [5.41, 5.74) is -1.88. The number of aliphatic hydroxyl groups is 1. The summed E-state index contributed by atoms with van der Waals surface area (Å²) < 4.78 is 63.8. The molecule has 0 saturated carbocycles. The van der Waals surface area contributed by atoms with Gasteiger partial charge in [-0.05, 0) is 100 Å². The molecule has 0 radical (unpaired) electrons. The number of piperidine rings is 2. The summed E-state index contributed by atoms with van der Waals surface area (Å²) in [5, 5.41) is 19.6.